The smallest absolute Gasteiger partial charge is 0.374 e. The van der Waals surface area contributed by atoms with Crippen molar-refractivity contribution in [1.29, 1.82) is 0 Å². The lowest BCUT2D eigenvalue weighted by Gasteiger charge is -2.11. The second-order valence-electron chi connectivity index (χ2n) is 4.91. The standard InChI is InChI=1S/C16H14BrN3O5/c1-10(24-14-7-5-12(17)6-8-14)16(21)25-19-15(18)11-3-2-4-13(9-11)20(22)23/h2-10H,1H3,(H2,18,19)/t10-/m0/s1. The Bertz CT molecular complexity index is 808. The molecule has 0 aliphatic carbocycles. The molecule has 0 bridgehead atoms. The maximum absolute atomic E-state index is 11.9. The van der Waals surface area contributed by atoms with Crippen LogP contribution < -0.4 is 10.5 Å². The number of oxime groups is 1. The molecule has 0 unspecified atom stereocenters. The molecule has 2 N–H and O–H groups in total. The number of carbonyl (C=O) groups is 1. The van der Waals surface area contributed by atoms with Crippen molar-refractivity contribution in [3.8, 4) is 5.75 Å². The van der Waals surface area contributed by atoms with Crippen LogP contribution in [0.25, 0.3) is 0 Å². The van der Waals surface area contributed by atoms with Gasteiger partial charge in [-0.1, -0.05) is 33.2 Å². The number of nitro groups is 1. The first-order valence-electron chi connectivity index (χ1n) is 7.08. The monoisotopic (exact) mass is 407 g/mol. The van der Waals surface area contributed by atoms with Gasteiger partial charge in [-0.3, -0.25) is 10.1 Å². The molecule has 0 saturated heterocycles. The van der Waals surface area contributed by atoms with E-state index >= 15 is 0 Å². The van der Waals surface area contributed by atoms with Crippen molar-refractivity contribution in [1.82, 2.24) is 0 Å². The first-order chi connectivity index (χ1) is 11.9. The molecule has 0 heterocycles. The average molecular weight is 408 g/mol. The molecule has 0 fully saturated rings. The number of nitrogens with zero attached hydrogens (tertiary/aromatic N) is 2. The first kappa shape index (κ1) is 18.4. The number of nitro benzene ring substituents is 1. The number of hydrogen-bond donors (Lipinski definition) is 1. The van der Waals surface area contributed by atoms with Crippen LogP contribution in [0.3, 0.4) is 0 Å². The first-order valence-corrected chi connectivity index (χ1v) is 7.87. The van der Waals surface area contributed by atoms with Gasteiger partial charge >= 0.3 is 5.97 Å². The summed E-state index contributed by atoms with van der Waals surface area (Å²) in [5.74, 6) is -0.424. The molecule has 0 saturated carbocycles. The normalized spacial score (nSPS) is 12.3. The number of non-ortho nitro benzene ring substituents is 1. The summed E-state index contributed by atoms with van der Waals surface area (Å²) in [6, 6.07) is 12.4. The molecule has 2 rings (SSSR count). The zero-order valence-corrected chi connectivity index (χ0v) is 14.7. The minimum absolute atomic E-state index is 0.145. The van der Waals surface area contributed by atoms with E-state index in [1.54, 1.807) is 24.3 Å². The fourth-order valence-corrected chi connectivity index (χ4v) is 2.03. The lowest BCUT2D eigenvalue weighted by atomic mass is 10.2. The van der Waals surface area contributed by atoms with Crippen molar-refractivity contribution in [2.75, 3.05) is 0 Å². The highest BCUT2D eigenvalue weighted by Crippen LogP contribution is 2.17. The Labute approximate surface area is 151 Å². The quantitative estimate of drug-likeness (QED) is 0.258. The van der Waals surface area contributed by atoms with Crippen molar-refractivity contribution >= 4 is 33.4 Å². The highest BCUT2D eigenvalue weighted by molar-refractivity contribution is 9.10. The summed E-state index contributed by atoms with van der Waals surface area (Å²) in [6.45, 7) is 1.50. The largest absolute Gasteiger partial charge is 0.479 e. The van der Waals surface area contributed by atoms with E-state index in [1.165, 1.54) is 31.2 Å². The van der Waals surface area contributed by atoms with Gasteiger partial charge in [-0.25, -0.2) is 4.79 Å². The molecule has 0 spiro atoms. The molecule has 0 amide bonds. The average Bonchev–Trinajstić information content (AvgIpc) is 2.61. The molecule has 2 aromatic rings. The Kier molecular flexibility index (Phi) is 6.07. The van der Waals surface area contributed by atoms with Crippen LogP contribution in [0.5, 0.6) is 5.75 Å². The van der Waals surface area contributed by atoms with Gasteiger partial charge in [-0.05, 0) is 31.2 Å². The zero-order valence-electron chi connectivity index (χ0n) is 13.1. The van der Waals surface area contributed by atoms with Crippen molar-refractivity contribution in [2.45, 2.75) is 13.0 Å². The van der Waals surface area contributed by atoms with Gasteiger partial charge in [0.2, 0.25) is 0 Å². The van der Waals surface area contributed by atoms with E-state index in [-0.39, 0.29) is 17.1 Å². The predicted octanol–water partition coefficient (Wildman–Crippen LogP) is 2.99. The van der Waals surface area contributed by atoms with Gasteiger partial charge in [0.1, 0.15) is 5.75 Å². The number of benzene rings is 2. The minimum atomic E-state index is -0.914. The van der Waals surface area contributed by atoms with Gasteiger partial charge < -0.3 is 15.3 Å². The fourth-order valence-electron chi connectivity index (χ4n) is 1.77. The predicted molar refractivity (Wildman–Crippen MR) is 94.1 cm³/mol. The molecule has 0 radical (unpaired) electrons. The van der Waals surface area contributed by atoms with E-state index in [9.17, 15) is 14.9 Å². The van der Waals surface area contributed by atoms with Crippen LogP contribution in [0.2, 0.25) is 0 Å². The van der Waals surface area contributed by atoms with Gasteiger partial charge in [0.25, 0.3) is 5.69 Å². The van der Waals surface area contributed by atoms with E-state index in [0.29, 0.717) is 5.75 Å². The second-order valence-corrected chi connectivity index (χ2v) is 5.82. The summed E-state index contributed by atoms with van der Waals surface area (Å²) in [6.07, 6.45) is -0.914. The van der Waals surface area contributed by atoms with Crippen LogP contribution in [0.4, 0.5) is 5.69 Å². The highest BCUT2D eigenvalue weighted by atomic mass is 79.9. The van der Waals surface area contributed by atoms with Crippen LogP contribution in [0, 0.1) is 10.1 Å². The van der Waals surface area contributed by atoms with Gasteiger partial charge in [0, 0.05) is 22.2 Å². The molecule has 9 heteroatoms. The third-order valence-corrected chi connectivity index (χ3v) is 3.57. The molecular formula is C16H14BrN3O5. The molecule has 0 aliphatic rings. The SMILES string of the molecule is C[C@H](Oc1ccc(Br)cc1)C(=O)O/N=C(/N)c1cccc([N+](=O)[O-])c1. The number of rotatable bonds is 6. The fraction of sp³-hybridized carbons (Fsp3) is 0.125. The van der Waals surface area contributed by atoms with E-state index in [2.05, 4.69) is 21.1 Å². The van der Waals surface area contributed by atoms with E-state index in [1.807, 2.05) is 0 Å². The molecule has 0 aliphatic heterocycles. The lowest BCUT2D eigenvalue weighted by Crippen LogP contribution is -2.26. The Balaban J connectivity index is 1.99. The van der Waals surface area contributed by atoms with Crippen molar-refractivity contribution in [3.63, 3.8) is 0 Å². The summed E-state index contributed by atoms with van der Waals surface area (Å²) in [4.78, 5) is 26.8. The zero-order chi connectivity index (χ0) is 18.4. The maximum Gasteiger partial charge on any atom is 0.374 e. The Morgan fingerprint density at radius 3 is 2.60 bits per heavy atom. The Morgan fingerprint density at radius 1 is 1.28 bits per heavy atom. The number of hydrogen-bond acceptors (Lipinski definition) is 6. The molecule has 25 heavy (non-hydrogen) atoms. The molecular weight excluding hydrogens is 394 g/mol. The molecule has 8 nitrogen and oxygen atoms in total. The van der Waals surface area contributed by atoms with Crippen LogP contribution in [0.15, 0.2) is 58.2 Å². The van der Waals surface area contributed by atoms with Crippen LogP contribution in [-0.2, 0) is 9.63 Å². The van der Waals surface area contributed by atoms with Gasteiger partial charge in [-0.15, -0.1) is 0 Å². The van der Waals surface area contributed by atoms with Gasteiger partial charge in [-0.2, -0.15) is 0 Å². The Morgan fingerprint density at radius 2 is 1.96 bits per heavy atom. The summed E-state index contributed by atoms with van der Waals surface area (Å²) in [7, 11) is 0. The highest BCUT2D eigenvalue weighted by Gasteiger charge is 2.17. The molecule has 0 aromatic heterocycles. The summed E-state index contributed by atoms with van der Waals surface area (Å²) in [5, 5.41) is 14.3. The van der Waals surface area contributed by atoms with Gasteiger partial charge in [0.15, 0.2) is 11.9 Å². The van der Waals surface area contributed by atoms with E-state index in [0.717, 1.165) is 4.47 Å². The van der Waals surface area contributed by atoms with Crippen LogP contribution in [0.1, 0.15) is 12.5 Å². The molecule has 130 valence electrons. The third kappa shape index (κ3) is 5.28. The minimum Gasteiger partial charge on any atom is -0.479 e. The number of carbonyl (C=O) groups excluding carboxylic acids is 1. The van der Waals surface area contributed by atoms with E-state index < -0.39 is 17.0 Å². The maximum atomic E-state index is 11.9. The van der Waals surface area contributed by atoms with E-state index in [4.69, 9.17) is 15.3 Å². The van der Waals surface area contributed by atoms with Crippen molar-refractivity contribution in [3.05, 3.63) is 68.7 Å². The number of nitrogens with two attached hydrogens (primary N) is 1. The van der Waals surface area contributed by atoms with Crippen molar-refractivity contribution in [2.24, 2.45) is 10.9 Å². The number of ether oxygens (including phenoxy) is 1. The van der Waals surface area contributed by atoms with Gasteiger partial charge in [0.05, 0.1) is 4.92 Å². The lowest BCUT2D eigenvalue weighted by molar-refractivity contribution is -0.384. The van der Waals surface area contributed by atoms with Crippen LogP contribution >= 0.6 is 15.9 Å². The Hall–Kier alpha value is -2.94. The summed E-state index contributed by atoms with van der Waals surface area (Å²) in [5.41, 5.74) is 5.81. The number of halogens is 1. The van der Waals surface area contributed by atoms with Crippen LogP contribution in [-0.4, -0.2) is 22.8 Å². The third-order valence-electron chi connectivity index (χ3n) is 3.05. The topological polar surface area (TPSA) is 117 Å². The summed E-state index contributed by atoms with van der Waals surface area (Å²) >= 11 is 3.30. The number of amidine groups is 1. The van der Waals surface area contributed by atoms with Crippen molar-refractivity contribution < 1.29 is 19.3 Å². The molecule has 2 aromatic carbocycles. The molecule has 1 atom stereocenters. The summed E-state index contributed by atoms with van der Waals surface area (Å²) < 4.78 is 6.30. The second kappa shape index (κ2) is 8.25.